The van der Waals surface area contributed by atoms with Gasteiger partial charge in [-0.2, -0.15) is 4.98 Å². The quantitative estimate of drug-likeness (QED) is 0.412. The van der Waals surface area contributed by atoms with Gasteiger partial charge in [0.2, 0.25) is 5.88 Å². The highest BCUT2D eigenvalue weighted by Crippen LogP contribution is 2.43. The number of rotatable bonds is 5. The van der Waals surface area contributed by atoms with Gasteiger partial charge in [-0.25, -0.2) is 9.59 Å². The Bertz CT molecular complexity index is 1470. The van der Waals surface area contributed by atoms with Crippen LogP contribution in [-0.2, 0) is 4.74 Å². The van der Waals surface area contributed by atoms with Crippen molar-refractivity contribution in [2.24, 2.45) is 0 Å². The molecule has 1 aliphatic heterocycles. The number of hydrogen-bond donors (Lipinski definition) is 2. The molecule has 1 atom stereocenters. The van der Waals surface area contributed by atoms with E-state index in [2.05, 4.69) is 31.2 Å². The van der Waals surface area contributed by atoms with Gasteiger partial charge in [0, 0.05) is 30.3 Å². The number of carbonyl (C=O) groups excluding carboxylic acids is 1. The molecule has 1 aliphatic rings. The first-order valence-corrected chi connectivity index (χ1v) is 13.9. The van der Waals surface area contributed by atoms with E-state index in [-0.39, 0.29) is 34.7 Å². The highest BCUT2D eigenvalue weighted by Gasteiger charge is 2.29. The van der Waals surface area contributed by atoms with Gasteiger partial charge < -0.3 is 24.8 Å². The second-order valence-electron chi connectivity index (χ2n) is 10.9. The van der Waals surface area contributed by atoms with Crippen molar-refractivity contribution in [3.05, 3.63) is 49.6 Å². The lowest BCUT2D eigenvalue weighted by Gasteiger charge is -2.34. The lowest BCUT2D eigenvalue weighted by atomic mass is 10.0. The fourth-order valence-corrected chi connectivity index (χ4v) is 5.13. The summed E-state index contributed by atoms with van der Waals surface area (Å²) in [5, 5.41) is 14.6. The summed E-state index contributed by atoms with van der Waals surface area (Å²) >= 11 is 10.1. The molecule has 12 heteroatoms. The van der Waals surface area contributed by atoms with Gasteiger partial charge in [0.05, 0.1) is 28.0 Å². The minimum Gasteiger partial charge on any atom is -0.493 e. The monoisotopic (exact) mass is 621 g/mol. The molecule has 0 unspecified atom stereocenters. The Kier molecular flexibility index (Phi) is 8.44. The van der Waals surface area contributed by atoms with Crippen molar-refractivity contribution in [1.29, 1.82) is 0 Å². The van der Waals surface area contributed by atoms with Crippen molar-refractivity contribution in [1.82, 2.24) is 24.8 Å². The molecule has 1 amide bonds. The molecule has 0 bridgehead atoms. The van der Waals surface area contributed by atoms with Gasteiger partial charge in [0.15, 0.2) is 5.75 Å². The molecule has 1 saturated heterocycles. The zero-order valence-corrected chi connectivity index (χ0v) is 25.2. The number of piperazine rings is 1. The number of carbonyl (C=O) groups is 1. The summed E-state index contributed by atoms with van der Waals surface area (Å²) in [6.45, 7) is 12.9. The molecule has 2 N–H and O–H groups in total. The molecule has 0 spiro atoms. The van der Waals surface area contributed by atoms with Crippen molar-refractivity contribution >= 4 is 44.5 Å². The number of benzene rings is 1. The number of nitrogens with one attached hydrogen (secondary N) is 1. The van der Waals surface area contributed by atoms with Crippen LogP contribution in [0.5, 0.6) is 11.6 Å². The van der Waals surface area contributed by atoms with Crippen molar-refractivity contribution in [3.8, 4) is 17.3 Å². The topological polar surface area (TPSA) is 119 Å². The zero-order chi connectivity index (χ0) is 28.6. The highest BCUT2D eigenvalue weighted by atomic mass is 79.9. The third kappa shape index (κ3) is 6.15. The van der Waals surface area contributed by atoms with E-state index in [0.717, 1.165) is 5.56 Å². The van der Waals surface area contributed by atoms with Crippen LogP contribution >= 0.6 is 27.5 Å². The summed E-state index contributed by atoms with van der Waals surface area (Å²) in [6.07, 6.45) is 1.31. The number of nitrogens with zero attached hydrogens (tertiary/aromatic N) is 4. The van der Waals surface area contributed by atoms with E-state index in [1.807, 2.05) is 47.6 Å². The zero-order valence-electron chi connectivity index (χ0n) is 22.8. The maximum atomic E-state index is 13.2. The number of halogens is 2. The van der Waals surface area contributed by atoms with Crippen LogP contribution in [0.1, 0.15) is 51.8 Å². The Morgan fingerprint density at radius 3 is 2.74 bits per heavy atom. The average Bonchev–Trinajstić information content (AvgIpc) is 2.84. The minimum absolute atomic E-state index is 0.0207. The lowest BCUT2D eigenvalue weighted by molar-refractivity contribution is 0.0178. The second kappa shape index (κ2) is 11.3. The molecule has 3 heterocycles. The molecule has 1 aromatic carbocycles. The van der Waals surface area contributed by atoms with E-state index >= 15 is 0 Å². The van der Waals surface area contributed by atoms with Gasteiger partial charge in [-0.05, 0) is 67.2 Å². The van der Waals surface area contributed by atoms with E-state index in [1.54, 1.807) is 17.2 Å². The molecule has 4 rings (SSSR count). The van der Waals surface area contributed by atoms with E-state index in [4.69, 9.17) is 21.1 Å². The van der Waals surface area contributed by atoms with Crippen LogP contribution in [0.25, 0.3) is 16.6 Å². The number of aryl methyl sites for hydroxylation is 1. The van der Waals surface area contributed by atoms with Crippen molar-refractivity contribution in [3.63, 3.8) is 0 Å². The van der Waals surface area contributed by atoms with Gasteiger partial charge >= 0.3 is 11.8 Å². The first-order chi connectivity index (χ1) is 18.3. The maximum Gasteiger partial charge on any atom is 0.410 e. The molecular weight excluding hydrogens is 590 g/mol. The Morgan fingerprint density at radius 2 is 2.08 bits per heavy atom. The molecule has 2 aromatic heterocycles. The maximum absolute atomic E-state index is 13.2. The molecule has 39 heavy (non-hydrogen) atoms. The first kappa shape index (κ1) is 29.1. The molecule has 10 nitrogen and oxygen atoms in total. The van der Waals surface area contributed by atoms with Gasteiger partial charge in [-0.15, -0.1) is 0 Å². The lowest BCUT2D eigenvalue weighted by Crippen LogP contribution is -2.55. The van der Waals surface area contributed by atoms with Crippen molar-refractivity contribution in [2.45, 2.75) is 59.1 Å². The predicted molar refractivity (Wildman–Crippen MR) is 153 cm³/mol. The van der Waals surface area contributed by atoms with E-state index in [0.29, 0.717) is 41.0 Å². The number of hydrogen-bond acceptors (Lipinski definition) is 8. The smallest absolute Gasteiger partial charge is 0.410 e. The number of aromatic hydroxyl groups is 1. The molecular formula is C27H33BrClN5O5. The predicted octanol–water partition coefficient (Wildman–Crippen LogP) is 4.92. The summed E-state index contributed by atoms with van der Waals surface area (Å²) in [5.41, 5.74) is 1.25. The van der Waals surface area contributed by atoms with Gasteiger partial charge in [0.25, 0.3) is 0 Å². The molecule has 210 valence electrons. The van der Waals surface area contributed by atoms with Crippen LogP contribution in [0.2, 0.25) is 5.02 Å². The van der Waals surface area contributed by atoms with Crippen LogP contribution in [0, 0.1) is 6.92 Å². The minimum atomic E-state index is -0.653. The summed E-state index contributed by atoms with van der Waals surface area (Å²) in [7, 11) is 0. The number of amides is 1. The molecule has 1 fully saturated rings. The number of fused-ring (bicyclic) bond motifs is 1. The Balaban J connectivity index is 1.75. The molecule has 3 aromatic rings. The van der Waals surface area contributed by atoms with Crippen LogP contribution in [0.4, 0.5) is 4.79 Å². The van der Waals surface area contributed by atoms with Crippen LogP contribution in [0.3, 0.4) is 0 Å². The fraction of sp³-hybridized carbons (Fsp3) is 0.481. The Labute approximate surface area is 240 Å². The molecule has 0 radical (unpaired) electrons. The summed E-state index contributed by atoms with van der Waals surface area (Å²) in [5.74, 6) is -0.300. The van der Waals surface area contributed by atoms with E-state index < -0.39 is 23.3 Å². The van der Waals surface area contributed by atoms with Crippen LogP contribution < -0.4 is 15.7 Å². The van der Waals surface area contributed by atoms with Crippen molar-refractivity contribution < 1.29 is 19.4 Å². The van der Waals surface area contributed by atoms with Gasteiger partial charge in [0.1, 0.15) is 17.6 Å². The van der Waals surface area contributed by atoms with Gasteiger partial charge in [-0.3, -0.25) is 9.55 Å². The first-order valence-electron chi connectivity index (χ1n) is 12.7. The number of aromatic nitrogens is 3. The standard InChI is InChI=1S/C27H33BrClN5O5/c1-14(2)21-22(15(3)7-8-31-21)34-18-11-17(28)20(29)23(19(18)24(35)32-25(34)36)38-13-16-12-33(10-9-30-16)26(37)39-27(4,5)6/h7-8,11,14,16,30H,9-10,12-13H2,1-6H3,(H,32,35,36)/t16-/m1/s1. The second-order valence-corrected chi connectivity index (χ2v) is 12.1. The van der Waals surface area contributed by atoms with Gasteiger partial charge in [-0.1, -0.05) is 25.4 Å². The largest absolute Gasteiger partial charge is 0.493 e. The SMILES string of the molecule is Cc1ccnc(C(C)C)c1-n1c(=O)nc(O)c2c(OC[C@H]3CN(C(=O)OC(C)(C)C)CCN3)c(Cl)c(Br)cc21. The summed E-state index contributed by atoms with van der Waals surface area (Å²) in [6, 6.07) is 3.25. The molecule has 0 saturated carbocycles. The third-order valence-electron chi connectivity index (χ3n) is 6.27. The normalized spacial score (nSPS) is 16.1. The van der Waals surface area contributed by atoms with E-state index in [1.165, 1.54) is 4.57 Å². The summed E-state index contributed by atoms with van der Waals surface area (Å²) < 4.78 is 13.6. The molecule has 0 aliphatic carbocycles. The number of pyridine rings is 1. The van der Waals surface area contributed by atoms with E-state index in [9.17, 15) is 14.7 Å². The number of ether oxygens (including phenoxy) is 2. The average molecular weight is 623 g/mol. The third-order valence-corrected chi connectivity index (χ3v) is 7.50. The highest BCUT2D eigenvalue weighted by molar-refractivity contribution is 9.10. The Morgan fingerprint density at radius 1 is 1.36 bits per heavy atom. The van der Waals surface area contributed by atoms with Crippen molar-refractivity contribution in [2.75, 3.05) is 26.2 Å². The Hall–Kier alpha value is -2.89. The van der Waals surface area contributed by atoms with Crippen LogP contribution in [-0.4, -0.2) is 68.5 Å². The van der Waals surface area contributed by atoms with Crippen LogP contribution in [0.15, 0.2) is 27.6 Å². The fourth-order valence-electron chi connectivity index (χ4n) is 4.53. The summed E-state index contributed by atoms with van der Waals surface area (Å²) in [4.78, 5) is 35.9.